The van der Waals surface area contributed by atoms with E-state index in [4.69, 9.17) is 4.98 Å². The van der Waals surface area contributed by atoms with Crippen molar-refractivity contribution in [2.75, 3.05) is 37.6 Å². The molecular weight excluding hydrogens is 382 g/mol. The standard InChI is InChI=1S/C22H33N5OS/c1-2-18-7-3-4-13-26(18)14-6-12-23-20(28)17-9-15-27(16-10-17)22-25-19-8-5-11-24-21(19)29-22/h5,8,11,17-18H,2-4,6-7,9-10,12-16H2,1H3,(H,23,28)/t18-/m0/s1. The number of hydrogen-bond acceptors (Lipinski definition) is 6. The summed E-state index contributed by atoms with van der Waals surface area (Å²) in [5, 5.41) is 4.23. The first kappa shape index (κ1) is 20.5. The summed E-state index contributed by atoms with van der Waals surface area (Å²) in [6.07, 6.45) is 9.96. The third kappa shape index (κ3) is 5.07. The minimum atomic E-state index is 0.136. The van der Waals surface area contributed by atoms with E-state index in [1.165, 1.54) is 32.2 Å². The van der Waals surface area contributed by atoms with Crippen molar-refractivity contribution in [3.05, 3.63) is 18.3 Å². The van der Waals surface area contributed by atoms with Gasteiger partial charge in [0, 0.05) is 44.3 Å². The maximum absolute atomic E-state index is 12.6. The van der Waals surface area contributed by atoms with Crippen molar-refractivity contribution >= 4 is 32.7 Å². The molecule has 158 valence electrons. The third-order valence-corrected chi connectivity index (χ3v) is 7.47. The van der Waals surface area contributed by atoms with Crippen LogP contribution >= 0.6 is 11.3 Å². The minimum absolute atomic E-state index is 0.136. The van der Waals surface area contributed by atoms with E-state index in [-0.39, 0.29) is 11.8 Å². The molecule has 2 aliphatic heterocycles. The van der Waals surface area contributed by atoms with Crippen LogP contribution in [0.25, 0.3) is 10.3 Å². The second kappa shape index (κ2) is 9.85. The molecule has 0 radical (unpaired) electrons. The summed E-state index contributed by atoms with van der Waals surface area (Å²) in [6, 6.07) is 4.69. The number of aromatic nitrogens is 2. The van der Waals surface area contributed by atoms with Crippen LogP contribution in [0.4, 0.5) is 5.13 Å². The molecule has 6 nitrogen and oxygen atoms in total. The second-order valence-corrected chi connectivity index (χ2v) is 9.28. The van der Waals surface area contributed by atoms with Gasteiger partial charge in [-0.05, 0) is 57.2 Å². The lowest BCUT2D eigenvalue weighted by molar-refractivity contribution is -0.125. The summed E-state index contributed by atoms with van der Waals surface area (Å²) in [5.74, 6) is 0.374. The molecule has 0 spiro atoms. The van der Waals surface area contributed by atoms with Crippen LogP contribution in [0, 0.1) is 5.92 Å². The summed E-state index contributed by atoms with van der Waals surface area (Å²) in [6.45, 7) is 7.22. The van der Waals surface area contributed by atoms with Crippen LogP contribution in [0.15, 0.2) is 18.3 Å². The van der Waals surface area contributed by atoms with Crippen LogP contribution in [0.3, 0.4) is 0 Å². The van der Waals surface area contributed by atoms with Crippen LogP contribution in [-0.2, 0) is 4.79 Å². The molecule has 7 heteroatoms. The zero-order valence-electron chi connectivity index (χ0n) is 17.5. The van der Waals surface area contributed by atoms with Crippen LogP contribution < -0.4 is 10.2 Å². The van der Waals surface area contributed by atoms with Crippen molar-refractivity contribution in [1.29, 1.82) is 0 Å². The van der Waals surface area contributed by atoms with Gasteiger partial charge in [0.25, 0.3) is 0 Å². The van der Waals surface area contributed by atoms with Gasteiger partial charge in [0.05, 0.1) is 0 Å². The normalized spacial score (nSPS) is 21.6. The lowest BCUT2D eigenvalue weighted by Gasteiger charge is -2.35. The number of rotatable bonds is 7. The number of carbonyl (C=O) groups excluding carboxylic acids is 1. The molecule has 1 atom stereocenters. The highest BCUT2D eigenvalue weighted by molar-refractivity contribution is 7.21. The minimum Gasteiger partial charge on any atom is -0.356 e. The summed E-state index contributed by atoms with van der Waals surface area (Å²) in [7, 11) is 0. The molecule has 2 aromatic heterocycles. The van der Waals surface area contributed by atoms with E-state index < -0.39 is 0 Å². The average molecular weight is 416 g/mol. The van der Waals surface area contributed by atoms with Crippen molar-refractivity contribution in [2.24, 2.45) is 5.92 Å². The second-order valence-electron chi connectivity index (χ2n) is 8.32. The molecule has 2 saturated heterocycles. The van der Waals surface area contributed by atoms with Gasteiger partial charge in [0.2, 0.25) is 5.91 Å². The molecule has 29 heavy (non-hydrogen) atoms. The molecule has 2 aliphatic rings. The van der Waals surface area contributed by atoms with Crippen molar-refractivity contribution in [2.45, 2.75) is 57.9 Å². The van der Waals surface area contributed by atoms with Gasteiger partial charge in [-0.1, -0.05) is 24.7 Å². The molecule has 1 amide bonds. The molecule has 4 heterocycles. The summed E-state index contributed by atoms with van der Waals surface area (Å²) in [4.78, 5) is 27.6. The molecular formula is C22H33N5OS. The Morgan fingerprint density at radius 3 is 2.90 bits per heavy atom. The number of fused-ring (bicyclic) bond motifs is 1. The fourth-order valence-corrected chi connectivity index (χ4v) is 5.64. The van der Waals surface area contributed by atoms with Crippen molar-refractivity contribution in [3.63, 3.8) is 0 Å². The summed E-state index contributed by atoms with van der Waals surface area (Å²) < 4.78 is 0. The predicted octanol–water partition coefficient (Wildman–Crippen LogP) is 3.68. The van der Waals surface area contributed by atoms with Crippen molar-refractivity contribution < 1.29 is 4.79 Å². The van der Waals surface area contributed by atoms with Gasteiger partial charge in [-0.3, -0.25) is 4.79 Å². The Bertz CT molecular complexity index is 768. The number of anilines is 1. The Morgan fingerprint density at radius 2 is 2.10 bits per heavy atom. The molecule has 0 unspecified atom stereocenters. The van der Waals surface area contributed by atoms with Gasteiger partial charge in [-0.25, -0.2) is 9.97 Å². The van der Waals surface area contributed by atoms with Crippen LogP contribution in [0.5, 0.6) is 0 Å². The lowest BCUT2D eigenvalue weighted by atomic mass is 9.96. The number of piperidine rings is 2. The van der Waals surface area contributed by atoms with Gasteiger partial charge >= 0.3 is 0 Å². The Morgan fingerprint density at radius 1 is 1.24 bits per heavy atom. The largest absolute Gasteiger partial charge is 0.356 e. The van der Waals surface area contributed by atoms with Gasteiger partial charge in [-0.15, -0.1) is 0 Å². The third-order valence-electron chi connectivity index (χ3n) is 6.43. The van der Waals surface area contributed by atoms with Crippen LogP contribution in [-0.4, -0.2) is 59.5 Å². The SMILES string of the molecule is CC[C@H]1CCCCN1CCCNC(=O)C1CCN(c2nc3cccnc3s2)CC1. The molecule has 2 aromatic rings. The van der Waals surface area contributed by atoms with E-state index >= 15 is 0 Å². The number of nitrogens with zero attached hydrogens (tertiary/aromatic N) is 4. The first-order valence-electron chi connectivity index (χ1n) is 11.2. The number of pyridine rings is 1. The Kier molecular flexibility index (Phi) is 6.98. The number of nitrogens with one attached hydrogen (secondary N) is 1. The van der Waals surface area contributed by atoms with Crippen molar-refractivity contribution in [1.82, 2.24) is 20.2 Å². The molecule has 0 bridgehead atoms. The van der Waals surface area contributed by atoms with E-state index in [2.05, 4.69) is 27.0 Å². The highest BCUT2D eigenvalue weighted by Gasteiger charge is 2.26. The highest BCUT2D eigenvalue weighted by Crippen LogP contribution is 2.30. The number of likely N-dealkylation sites (tertiary alicyclic amines) is 1. The molecule has 0 aliphatic carbocycles. The van der Waals surface area contributed by atoms with E-state index in [9.17, 15) is 4.79 Å². The molecule has 2 fully saturated rings. The number of hydrogen-bond donors (Lipinski definition) is 1. The van der Waals surface area contributed by atoms with E-state index in [0.29, 0.717) is 0 Å². The van der Waals surface area contributed by atoms with Crippen LogP contribution in [0.2, 0.25) is 0 Å². The molecule has 1 N–H and O–H groups in total. The number of amides is 1. The molecule has 0 saturated carbocycles. The first-order valence-corrected chi connectivity index (χ1v) is 12.0. The van der Waals surface area contributed by atoms with Gasteiger partial charge in [-0.2, -0.15) is 0 Å². The fraction of sp³-hybridized carbons (Fsp3) is 0.682. The Labute approximate surface area is 177 Å². The quantitative estimate of drug-likeness (QED) is 0.699. The topological polar surface area (TPSA) is 61.4 Å². The fourth-order valence-electron chi connectivity index (χ4n) is 4.68. The van der Waals surface area contributed by atoms with Crippen LogP contribution in [0.1, 0.15) is 51.9 Å². The van der Waals surface area contributed by atoms with Gasteiger partial charge in [0.15, 0.2) is 5.13 Å². The van der Waals surface area contributed by atoms with E-state index in [0.717, 1.165) is 67.0 Å². The average Bonchev–Trinajstić information content (AvgIpc) is 3.21. The van der Waals surface area contributed by atoms with E-state index in [1.807, 2.05) is 18.3 Å². The highest BCUT2D eigenvalue weighted by atomic mass is 32.1. The maximum atomic E-state index is 12.6. The zero-order valence-corrected chi connectivity index (χ0v) is 18.3. The summed E-state index contributed by atoms with van der Waals surface area (Å²) >= 11 is 1.64. The molecule has 0 aromatic carbocycles. The molecule has 4 rings (SSSR count). The van der Waals surface area contributed by atoms with E-state index in [1.54, 1.807) is 11.3 Å². The predicted molar refractivity (Wildman–Crippen MR) is 119 cm³/mol. The van der Waals surface area contributed by atoms with Gasteiger partial charge < -0.3 is 15.1 Å². The zero-order chi connectivity index (χ0) is 20.1. The van der Waals surface area contributed by atoms with Gasteiger partial charge in [0.1, 0.15) is 10.3 Å². The number of carbonyl (C=O) groups is 1. The number of thiazole rings is 1. The first-order chi connectivity index (χ1) is 14.2. The smallest absolute Gasteiger partial charge is 0.223 e. The Hall–Kier alpha value is -1.73. The Balaban J connectivity index is 1.18. The van der Waals surface area contributed by atoms with Crippen molar-refractivity contribution in [3.8, 4) is 0 Å². The monoisotopic (exact) mass is 415 g/mol. The lowest BCUT2D eigenvalue weighted by Crippen LogP contribution is -2.42. The maximum Gasteiger partial charge on any atom is 0.223 e. The summed E-state index contributed by atoms with van der Waals surface area (Å²) in [5.41, 5.74) is 0.964.